The van der Waals surface area contributed by atoms with Crippen LogP contribution in [0.1, 0.15) is 30.9 Å². The van der Waals surface area contributed by atoms with Crippen LogP contribution in [0.3, 0.4) is 0 Å². The summed E-state index contributed by atoms with van der Waals surface area (Å²) in [5.41, 5.74) is 3.10. The van der Waals surface area contributed by atoms with Crippen LogP contribution in [0.2, 0.25) is 0 Å². The van der Waals surface area contributed by atoms with Crippen molar-refractivity contribution in [3.8, 4) is 5.75 Å². The van der Waals surface area contributed by atoms with Crippen LogP contribution in [0.4, 0.5) is 11.4 Å². The van der Waals surface area contributed by atoms with E-state index in [9.17, 15) is 13.2 Å². The number of methoxy groups -OCH3 is 1. The number of benzene rings is 2. The molecule has 7 heteroatoms. The molecule has 6 nitrogen and oxygen atoms in total. The highest BCUT2D eigenvalue weighted by molar-refractivity contribution is 7.92. The van der Waals surface area contributed by atoms with Gasteiger partial charge in [0, 0.05) is 6.92 Å². The molecule has 1 amide bonds. The van der Waals surface area contributed by atoms with Gasteiger partial charge in [0.15, 0.2) is 0 Å². The van der Waals surface area contributed by atoms with Crippen molar-refractivity contribution in [1.29, 1.82) is 0 Å². The SMILES string of the molecule is COc1ccc(NS(=O)(=O)c2ccc3c(c2)CCCC3)cc1NC(C)=O. The molecule has 3 rings (SSSR count). The van der Waals surface area contributed by atoms with Gasteiger partial charge < -0.3 is 10.1 Å². The number of hydrogen-bond acceptors (Lipinski definition) is 4. The number of ether oxygens (including phenoxy) is 1. The summed E-state index contributed by atoms with van der Waals surface area (Å²) < 4.78 is 33.2. The second-order valence-corrected chi connectivity index (χ2v) is 8.02. The Balaban J connectivity index is 1.88. The highest BCUT2D eigenvalue weighted by Gasteiger charge is 2.18. The molecule has 0 atom stereocenters. The fourth-order valence-corrected chi connectivity index (χ4v) is 4.25. The average molecular weight is 374 g/mol. The van der Waals surface area contributed by atoms with Gasteiger partial charge in [0.05, 0.1) is 23.4 Å². The summed E-state index contributed by atoms with van der Waals surface area (Å²) in [4.78, 5) is 11.6. The van der Waals surface area contributed by atoms with Crippen molar-refractivity contribution in [1.82, 2.24) is 0 Å². The van der Waals surface area contributed by atoms with Crippen LogP contribution in [-0.2, 0) is 27.7 Å². The second kappa shape index (κ2) is 7.37. The van der Waals surface area contributed by atoms with Crippen LogP contribution < -0.4 is 14.8 Å². The summed E-state index contributed by atoms with van der Waals surface area (Å²) in [6.07, 6.45) is 4.15. The predicted molar refractivity (Wildman–Crippen MR) is 101 cm³/mol. The van der Waals surface area contributed by atoms with E-state index in [1.54, 1.807) is 24.3 Å². The Morgan fingerprint density at radius 1 is 1.04 bits per heavy atom. The Bertz CT molecular complexity index is 939. The van der Waals surface area contributed by atoms with Crippen LogP contribution in [0.25, 0.3) is 0 Å². The lowest BCUT2D eigenvalue weighted by molar-refractivity contribution is -0.114. The lowest BCUT2D eigenvalue weighted by atomic mass is 9.92. The topological polar surface area (TPSA) is 84.5 Å². The molecule has 0 unspecified atom stereocenters. The molecule has 1 aliphatic carbocycles. The molecule has 0 bridgehead atoms. The van der Waals surface area contributed by atoms with Crippen LogP contribution in [0.5, 0.6) is 5.75 Å². The largest absolute Gasteiger partial charge is 0.495 e. The van der Waals surface area contributed by atoms with Gasteiger partial charge in [-0.3, -0.25) is 9.52 Å². The second-order valence-electron chi connectivity index (χ2n) is 6.34. The van der Waals surface area contributed by atoms with Gasteiger partial charge in [-0.15, -0.1) is 0 Å². The molecule has 0 heterocycles. The van der Waals surface area contributed by atoms with Crippen LogP contribution in [-0.4, -0.2) is 21.4 Å². The lowest BCUT2D eigenvalue weighted by Gasteiger charge is -2.17. The van der Waals surface area contributed by atoms with E-state index in [0.717, 1.165) is 31.2 Å². The van der Waals surface area contributed by atoms with Gasteiger partial charge in [-0.1, -0.05) is 6.07 Å². The van der Waals surface area contributed by atoms with E-state index >= 15 is 0 Å². The van der Waals surface area contributed by atoms with Crippen LogP contribution in [0, 0.1) is 0 Å². The van der Waals surface area contributed by atoms with Gasteiger partial charge in [-0.05, 0) is 67.1 Å². The third kappa shape index (κ3) is 3.99. The number of carbonyl (C=O) groups is 1. The van der Waals surface area contributed by atoms with E-state index in [2.05, 4.69) is 10.0 Å². The standard InChI is InChI=1S/C19H22N2O4S/c1-13(22)20-18-12-16(8-10-19(18)25-2)21-26(23,24)17-9-7-14-5-3-4-6-15(14)11-17/h7-12,21H,3-6H2,1-2H3,(H,20,22). The number of hydrogen-bond donors (Lipinski definition) is 2. The highest BCUT2D eigenvalue weighted by Crippen LogP contribution is 2.30. The molecular weight excluding hydrogens is 352 g/mol. The molecule has 0 saturated carbocycles. The minimum absolute atomic E-state index is 0.245. The maximum atomic E-state index is 12.7. The number of anilines is 2. The molecule has 1 aliphatic rings. The number of carbonyl (C=O) groups excluding carboxylic acids is 1. The smallest absolute Gasteiger partial charge is 0.261 e. The van der Waals surface area contributed by atoms with E-state index in [0.29, 0.717) is 17.1 Å². The van der Waals surface area contributed by atoms with Crippen molar-refractivity contribution in [3.63, 3.8) is 0 Å². The van der Waals surface area contributed by atoms with E-state index in [4.69, 9.17) is 4.74 Å². The number of aryl methyl sites for hydroxylation is 2. The number of sulfonamides is 1. The summed E-state index contributed by atoms with van der Waals surface area (Å²) in [6, 6.07) is 10.0. The molecule has 0 radical (unpaired) electrons. The molecule has 0 aromatic heterocycles. The molecule has 0 aliphatic heterocycles. The van der Waals surface area contributed by atoms with Gasteiger partial charge in [-0.25, -0.2) is 8.42 Å². The third-order valence-electron chi connectivity index (χ3n) is 4.39. The minimum Gasteiger partial charge on any atom is -0.495 e. The minimum atomic E-state index is -3.72. The van der Waals surface area contributed by atoms with Crippen molar-refractivity contribution in [2.24, 2.45) is 0 Å². The molecule has 26 heavy (non-hydrogen) atoms. The first-order valence-corrected chi connectivity index (χ1v) is 9.97. The Morgan fingerprint density at radius 3 is 2.46 bits per heavy atom. The van der Waals surface area contributed by atoms with Gasteiger partial charge in [0.2, 0.25) is 5.91 Å². The maximum Gasteiger partial charge on any atom is 0.261 e. The molecular formula is C19H22N2O4S. The summed E-state index contributed by atoms with van der Waals surface area (Å²) in [6.45, 7) is 1.38. The fraction of sp³-hybridized carbons (Fsp3) is 0.316. The first-order valence-electron chi connectivity index (χ1n) is 8.49. The lowest BCUT2D eigenvalue weighted by Crippen LogP contribution is -2.15. The van der Waals surface area contributed by atoms with Crippen molar-refractivity contribution in [2.45, 2.75) is 37.5 Å². The molecule has 2 aromatic rings. The number of fused-ring (bicyclic) bond motifs is 1. The number of nitrogens with one attached hydrogen (secondary N) is 2. The first-order chi connectivity index (χ1) is 12.4. The van der Waals surface area contributed by atoms with E-state index in [1.165, 1.54) is 25.7 Å². The Morgan fingerprint density at radius 2 is 1.77 bits per heavy atom. The Hall–Kier alpha value is -2.54. The zero-order valence-electron chi connectivity index (χ0n) is 14.8. The summed E-state index contributed by atoms with van der Waals surface area (Å²) in [7, 11) is -2.23. The van der Waals surface area contributed by atoms with Crippen molar-refractivity contribution < 1.29 is 17.9 Å². The molecule has 138 valence electrons. The highest BCUT2D eigenvalue weighted by atomic mass is 32.2. The zero-order chi connectivity index (χ0) is 18.7. The monoisotopic (exact) mass is 374 g/mol. The molecule has 0 fully saturated rings. The van der Waals surface area contributed by atoms with E-state index in [-0.39, 0.29) is 10.8 Å². The predicted octanol–water partition coefficient (Wildman–Crippen LogP) is 3.33. The average Bonchev–Trinajstić information content (AvgIpc) is 2.61. The summed E-state index contributed by atoms with van der Waals surface area (Å²) >= 11 is 0. The maximum absolute atomic E-state index is 12.7. The van der Waals surface area contributed by atoms with Gasteiger partial charge in [-0.2, -0.15) is 0 Å². The van der Waals surface area contributed by atoms with E-state index in [1.807, 2.05) is 6.07 Å². The quantitative estimate of drug-likeness (QED) is 0.841. The first kappa shape index (κ1) is 18.3. The Kier molecular flexibility index (Phi) is 5.18. The Labute approximate surface area is 153 Å². The van der Waals surface area contributed by atoms with Crippen LogP contribution in [0.15, 0.2) is 41.3 Å². The van der Waals surface area contributed by atoms with Crippen molar-refractivity contribution in [2.75, 3.05) is 17.1 Å². The van der Waals surface area contributed by atoms with Crippen molar-refractivity contribution >= 4 is 27.3 Å². The van der Waals surface area contributed by atoms with Crippen molar-refractivity contribution in [3.05, 3.63) is 47.5 Å². The van der Waals surface area contributed by atoms with E-state index < -0.39 is 10.0 Å². The molecule has 2 N–H and O–H groups in total. The number of rotatable bonds is 5. The number of amides is 1. The normalized spacial score (nSPS) is 13.6. The van der Waals surface area contributed by atoms with Crippen LogP contribution >= 0.6 is 0 Å². The van der Waals surface area contributed by atoms with Gasteiger partial charge in [0.25, 0.3) is 10.0 Å². The molecule has 0 spiro atoms. The van der Waals surface area contributed by atoms with Gasteiger partial charge >= 0.3 is 0 Å². The fourth-order valence-electron chi connectivity index (χ4n) is 3.15. The summed E-state index contributed by atoms with van der Waals surface area (Å²) in [5.74, 6) is 0.190. The zero-order valence-corrected chi connectivity index (χ0v) is 15.7. The summed E-state index contributed by atoms with van der Waals surface area (Å²) in [5, 5.41) is 2.63. The molecule has 2 aromatic carbocycles. The van der Waals surface area contributed by atoms with Gasteiger partial charge in [0.1, 0.15) is 5.75 Å². The molecule has 0 saturated heterocycles. The third-order valence-corrected chi connectivity index (χ3v) is 5.77.